The van der Waals surface area contributed by atoms with E-state index in [0.29, 0.717) is 28.1 Å². The van der Waals surface area contributed by atoms with Crippen LogP contribution in [0.15, 0.2) is 18.2 Å². The molecule has 8 heteroatoms. The topological polar surface area (TPSA) is 114 Å². The van der Waals surface area contributed by atoms with Crippen molar-refractivity contribution in [2.45, 2.75) is 40.7 Å². The van der Waals surface area contributed by atoms with E-state index in [0.717, 1.165) is 0 Å². The number of hydrogen-bond acceptors (Lipinski definition) is 5. The highest BCUT2D eigenvalue weighted by Crippen LogP contribution is 2.24. The van der Waals surface area contributed by atoms with Crippen LogP contribution >= 0.6 is 0 Å². The smallest absolute Gasteiger partial charge is 0.340 e. The maximum atomic E-state index is 12.6. The van der Waals surface area contributed by atoms with E-state index in [-0.39, 0.29) is 17.5 Å². The van der Waals surface area contributed by atoms with Crippen LogP contribution in [-0.2, 0) is 4.74 Å². The molecule has 0 aliphatic carbocycles. The van der Waals surface area contributed by atoms with E-state index in [1.165, 1.54) is 12.1 Å². The average Bonchev–Trinajstić information content (AvgIpc) is 2.83. The fourth-order valence-electron chi connectivity index (χ4n) is 2.60. The number of H-pyrrole nitrogens is 1. The van der Waals surface area contributed by atoms with Crippen molar-refractivity contribution in [1.82, 2.24) is 4.98 Å². The number of ether oxygens (including phenoxy) is 1. The summed E-state index contributed by atoms with van der Waals surface area (Å²) in [5, 5.41) is 13.6. The van der Waals surface area contributed by atoms with Gasteiger partial charge in [0.05, 0.1) is 22.3 Å². The number of non-ortho nitro benzene ring substituents is 1. The molecule has 8 nitrogen and oxygen atoms in total. The number of aryl methyl sites for hydroxylation is 2. The Morgan fingerprint density at radius 1 is 1.23 bits per heavy atom. The average molecular weight is 359 g/mol. The third-order valence-electron chi connectivity index (χ3n) is 3.89. The summed E-state index contributed by atoms with van der Waals surface area (Å²) in [5.74, 6) is -0.991. The number of amides is 1. The number of rotatable bonds is 5. The number of carbonyl (C=O) groups excluding carboxylic acids is 2. The van der Waals surface area contributed by atoms with Gasteiger partial charge < -0.3 is 15.0 Å². The molecule has 1 aromatic heterocycles. The predicted octanol–water partition coefficient (Wildman–Crippen LogP) is 3.67. The lowest BCUT2D eigenvalue weighted by Crippen LogP contribution is -2.16. The molecule has 0 aliphatic rings. The number of esters is 1. The third-order valence-corrected chi connectivity index (χ3v) is 3.89. The molecule has 26 heavy (non-hydrogen) atoms. The number of nitro groups is 1. The Balaban J connectivity index is 2.33. The van der Waals surface area contributed by atoms with Crippen molar-refractivity contribution in [3.8, 4) is 0 Å². The van der Waals surface area contributed by atoms with Gasteiger partial charge in [-0.25, -0.2) is 4.79 Å². The van der Waals surface area contributed by atoms with Crippen molar-refractivity contribution in [2.75, 3.05) is 5.32 Å². The quantitative estimate of drug-likeness (QED) is 0.480. The first-order valence-corrected chi connectivity index (χ1v) is 8.08. The van der Waals surface area contributed by atoms with Gasteiger partial charge in [0.2, 0.25) is 0 Å². The summed E-state index contributed by atoms with van der Waals surface area (Å²) < 4.78 is 5.20. The molecule has 1 aromatic carbocycles. The highest BCUT2D eigenvalue weighted by atomic mass is 16.6. The Labute approximate surface area is 150 Å². The number of aromatic amines is 1. The molecule has 0 saturated heterocycles. The zero-order valence-corrected chi connectivity index (χ0v) is 15.3. The largest absolute Gasteiger partial charge is 0.459 e. The van der Waals surface area contributed by atoms with Crippen molar-refractivity contribution >= 4 is 23.3 Å². The minimum absolute atomic E-state index is 0.119. The number of nitro benzene ring substituents is 1. The fourth-order valence-corrected chi connectivity index (χ4v) is 2.60. The second-order valence-corrected chi connectivity index (χ2v) is 6.29. The van der Waals surface area contributed by atoms with Crippen LogP contribution in [0.25, 0.3) is 0 Å². The predicted molar refractivity (Wildman–Crippen MR) is 96.6 cm³/mol. The van der Waals surface area contributed by atoms with Crippen LogP contribution in [0.4, 0.5) is 11.4 Å². The van der Waals surface area contributed by atoms with E-state index in [1.807, 2.05) is 0 Å². The number of hydrogen-bond donors (Lipinski definition) is 2. The number of carbonyl (C=O) groups is 2. The van der Waals surface area contributed by atoms with Crippen molar-refractivity contribution in [1.29, 1.82) is 0 Å². The molecular weight excluding hydrogens is 338 g/mol. The summed E-state index contributed by atoms with van der Waals surface area (Å²) in [5.41, 5.74) is 2.42. The number of nitrogens with one attached hydrogen (secondary N) is 2. The van der Waals surface area contributed by atoms with Crippen LogP contribution in [0.3, 0.4) is 0 Å². The number of nitrogens with zero attached hydrogens (tertiary/aromatic N) is 1. The normalized spacial score (nSPS) is 10.7. The number of benzene rings is 1. The maximum Gasteiger partial charge on any atom is 0.340 e. The Morgan fingerprint density at radius 3 is 2.46 bits per heavy atom. The van der Waals surface area contributed by atoms with E-state index < -0.39 is 16.8 Å². The lowest BCUT2D eigenvalue weighted by Gasteiger charge is -2.09. The Kier molecular flexibility index (Phi) is 5.44. The number of anilines is 1. The van der Waals surface area contributed by atoms with E-state index in [2.05, 4.69) is 10.3 Å². The molecule has 0 radical (unpaired) electrons. The minimum atomic E-state index is -0.529. The first kappa shape index (κ1) is 19.2. The SMILES string of the molecule is Cc1ccc([N+](=O)[O-])cc1NC(=O)c1[nH]c(C)c(C(=O)OC(C)C)c1C. The Hall–Kier alpha value is -3.16. The van der Waals surface area contributed by atoms with Crippen molar-refractivity contribution in [2.24, 2.45) is 0 Å². The summed E-state index contributed by atoms with van der Waals surface area (Å²) in [7, 11) is 0. The molecule has 0 spiro atoms. The molecule has 2 N–H and O–H groups in total. The van der Waals surface area contributed by atoms with Gasteiger partial charge in [-0.1, -0.05) is 6.07 Å². The van der Waals surface area contributed by atoms with Gasteiger partial charge in [0.15, 0.2) is 0 Å². The summed E-state index contributed by atoms with van der Waals surface area (Å²) in [6, 6.07) is 4.23. The Morgan fingerprint density at radius 2 is 1.88 bits per heavy atom. The Bertz CT molecular complexity index is 883. The first-order valence-electron chi connectivity index (χ1n) is 8.08. The van der Waals surface area contributed by atoms with Crippen molar-refractivity contribution in [3.05, 3.63) is 56.4 Å². The van der Waals surface area contributed by atoms with Gasteiger partial charge in [-0.05, 0) is 45.7 Å². The van der Waals surface area contributed by atoms with Gasteiger partial charge in [-0.3, -0.25) is 14.9 Å². The zero-order chi connectivity index (χ0) is 19.6. The van der Waals surface area contributed by atoms with Crippen LogP contribution < -0.4 is 5.32 Å². The molecule has 2 rings (SSSR count). The highest BCUT2D eigenvalue weighted by Gasteiger charge is 2.24. The van der Waals surface area contributed by atoms with E-state index in [1.54, 1.807) is 40.7 Å². The molecule has 0 aliphatic heterocycles. The van der Waals surface area contributed by atoms with E-state index in [4.69, 9.17) is 4.74 Å². The molecule has 0 unspecified atom stereocenters. The van der Waals surface area contributed by atoms with Gasteiger partial charge in [-0.15, -0.1) is 0 Å². The first-order chi connectivity index (χ1) is 12.1. The summed E-state index contributed by atoms with van der Waals surface area (Å²) >= 11 is 0. The molecular formula is C18H21N3O5. The fraction of sp³-hybridized carbons (Fsp3) is 0.333. The van der Waals surface area contributed by atoms with Gasteiger partial charge >= 0.3 is 5.97 Å². The summed E-state index contributed by atoms with van der Waals surface area (Å²) in [6.45, 7) is 8.55. The standard InChI is InChI=1S/C18H21N3O5/c1-9(2)26-18(23)15-11(4)16(19-12(15)5)17(22)20-14-8-13(21(24)25)7-6-10(14)3/h6-9,19H,1-5H3,(H,20,22). The molecule has 138 valence electrons. The zero-order valence-electron chi connectivity index (χ0n) is 15.3. The minimum Gasteiger partial charge on any atom is -0.459 e. The molecule has 1 heterocycles. The van der Waals surface area contributed by atoms with Crippen molar-refractivity contribution < 1.29 is 19.2 Å². The number of aromatic nitrogens is 1. The van der Waals surface area contributed by atoms with Crippen molar-refractivity contribution in [3.63, 3.8) is 0 Å². The summed E-state index contributed by atoms with van der Waals surface area (Å²) in [6.07, 6.45) is -0.277. The maximum absolute atomic E-state index is 12.6. The van der Waals surface area contributed by atoms with E-state index >= 15 is 0 Å². The van der Waals surface area contributed by atoms with Crippen LogP contribution in [0.1, 0.15) is 51.5 Å². The van der Waals surface area contributed by atoms with Gasteiger partial charge in [0.25, 0.3) is 11.6 Å². The molecule has 0 atom stereocenters. The van der Waals surface area contributed by atoms with E-state index in [9.17, 15) is 19.7 Å². The van der Waals surface area contributed by atoms with Gasteiger partial charge in [-0.2, -0.15) is 0 Å². The molecule has 0 fully saturated rings. The third kappa shape index (κ3) is 3.90. The summed E-state index contributed by atoms with van der Waals surface area (Å²) in [4.78, 5) is 38.1. The van der Waals surface area contributed by atoms with Gasteiger partial charge in [0.1, 0.15) is 5.69 Å². The lowest BCUT2D eigenvalue weighted by atomic mass is 10.1. The molecule has 1 amide bonds. The second kappa shape index (κ2) is 7.38. The molecule has 0 saturated carbocycles. The molecule has 0 bridgehead atoms. The molecule has 2 aromatic rings. The van der Waals surface area contributed by atoms with Crippen LogP contribution in [0.5, 0.6) is 0 Å². The highest BCUT2D eigenvalue weighted by molar-refractivity contribution is 6.07. The van der Waals surface area contributed by atoms with Crippen LogP contribution in [0.2, 0.25) is 0 Å². The van der Waals surface area contributed by atoms with Gasteiger partial charge in [0, 0.05) is 17.8 Å². The monoisotopic (exact) mass is 359 g/mol. The lowest BCUT2D eigenvalue weighted by molar-refractivity contribution is -0.384. The second-order valence-electron chi connectivity index (χ2n) is 6.29. The van der Waals surface area contributed by atoms with Crippen LogP contribution in [-0.4, -0.2) is 27.9 Å². The van der Waals surface area contributed by atoms with Crippen LogP contribution in [0, 0.1) is 30.9 Å².